The van der Waals surface area contributed by atoms with Gasteiger partial charge in [-0.1, -0.05) is 23.8 Å². The first-order chi connectivity index (χ1) is 5.40. The number of aliphatic hydroxyl groups excluding tert-OH is 1. The molecule has 2 atom stereocenters. The summed E-state index contributed by atoms with van der Waals surface area (Å²) in [5, 5.41) is 8.75. The van der Waals surface area contributed by atoms with Gasteiger partial charge >= 0.3 is 0 Å². The summed E-state index contributed by atoms with van der Waals surface area (Å²) in [6.45, 7) is 0.215. The molecule has 0 spiro atoms. The van der Waals surface area contributed by atoms with E-state index in [1.807, 2.05) is 6.08 Å². The Hall–Kier alpha value is -0.560. The Kier molecular flexibility index (Phi) is 1.82. The maximum atomic E-state index is 8.75. The molecular weight excluding hydrogens is 136 g/mol. The van der Waals surface area contributed by atoms with Gasteiger partial charge in [-0.2, -0.15) is 0 Å². The highest BCUT2D eigenvalue weighted by Gasteiger charge is 2.26. The van der Waals surface area contributed by atoms with Crippen LogP contribution in [0.3, 0.4) is 0 Å². The van der Waals surface area contributed by atoms with E-state index >= 15 is 0 Å². The van der Waals surface area contributed by atoms with E-state index in [1.54, 1.807) is 0 Å². The first-order valence-corrected chi connectivity index (χ1v) is 4.38. The van der Waals surface area contributed by atoms with Crippen molar-refractivity contribution in [2.24, 2.45) is 11.8 Å². The number of aliphatic hydroxyl groups is 1. The molecule has 0 aliphatic heterocycles. The zero-order chi connectivity index (χ0) is 7.68. The van der Waals surface area contributed by atoms with Gasteiger partial charge in [-0.15, -0.1) is 0 Å². The molecule has 1 N–H and O–H groups in total. The Morgan fingerprint density at radius 3 is 2.82 bits per heavy atom. The molecule has 60 valence electrons. The smallest absolute Gasteiger partial charge is 0.0615 e. The van der Waals surface area contributed by atoms with Crippen LogP contribution < -0.4 is 0 Å². The zero-order valence-corrected chi connectivity index (χ0v) is 6.66. The van der Waals surface area contributed by atoms with Gasteiger partial charge in [0.1, 0.15) is 0 Å². The molecule has 1 heteroatoms. The van der Waals surface area contributed by atoms with Crippen molar-refractivity contribution in [2.45, 2.75) is 19.3 Å². The van der Waals surface area contributed by atoms with Gasteiger partial charge in [-0.05, 0) is 31.1 Å². The minimum absolute atomic E-state index is 0.215. The Labute approximate surface area is 67.4 Å². The lowest BCUT2D eigenvalue weighted by atomic mass is 9.73. The summed E-state index contributed by atoms with van der Waals surface area (Å²) in [6.07, 6.45) is 10.5. The molecular formula is C10H14O. The van der Waals surface area contributed by atoms with E-state index in [9.17, 15) is 0 Å². The van der Waals surface area contributed by atoms with Gasteiger partial charge in [-0.3, -0.25) is 0 Å². The van der Waals surface area contributed by atoms with Gasteiger partial charge in [0.2, 0.25) is 0 Å². The molecule has 0 radical (unpaired) electrons. The maximum Gasteiger partial charge on any atom is 0.0615 e. The van der Waals surface area contributed by atoms with Gasteiger partial charge in [0, 0.05) is 0 Å². The average molecular weight is 150 g/mol. The number of hydrogen-bond acceptors (Lipinski definition) is 1. The fraction of sp³-hybridized carbons (Fsp3) is 0.600. The monoisotopic (exact) mass is 150 g/mol. The van der Waals surface area contributed by atoms with E-state index in [4.69, 9.17) is 5.11 Å². The molecule has 1 fully saturated rings. The summed E-state index contributed by atoms with van der Waals surface area (Å²) in [4.78, 5) is 0. The normalized spacial score (nSPS) is 38.5. The second-order valence-electron chi connectivity index (χ2n) is 3.49. The van der Waals surface area contributed by atoms with E-state index in [2.05, 4.69) is 12.2 Å². The maximum absolute atomic E-state index is 8.75. The van der Waals surface area contributed by atoms with E-state index < -0.39 is 0 Å². The third-order valence-corrected chi connectivity index (χ3v) is 2.79. The highest BCUT2D eigenvalue weighted by molar-refractivity contribution is 5.23. The molecule has 2 bridgehead atoms. The molecule has 3 aliphatic rings. The summed E-state index contributed by atoms with van der Waals surface area (Å²) in [7, 11) is 0. The number of allylic oxidation sites excluding steroid dienone is 3. The molecule has 3 aliphatic carbocycles. The quantitative estimate of drug-likeness (QED) is 0.566. The van der Waals surface area contributed by atoms with E-state index in [-0.39, 0.29) is 6.61 Å². The van der Waals surface area contributed by atoms with Crippen LogP contribution >= 0.6 is 0 Å². The van der Waals surface area contributed by atoms with Crippen LogP contribution in [0.1, 0.15) is 19.3 Å². The predicted molar refractivity (Wildman–Crippen MR) is 45.1 cm³/mol. The largest absolute Gasteiger partial charge is 0.392 e. The highest BCUT2D eigenvalue weighted by atomic mass is 16.2. The summed E-state index contributed by atoms with van der Waals surface area (Å²) in [6, 6.07) is 0. The summed E-state index contributed by atoms with van der Waals surface area (Å²) < 4.78 is 0. The van der Waals surface area contributed by atoms with Crippen LogP contribution in [0.25, 0.3) is 0 Å². The van der Waals surface area contributed by atoms with E-state index in [1.165, 1.54) is 24.8 Å². The topological polar surface area (TPSA) is 20.2 Å². The lowest BCUT2D eigenvalue weighted by Crippen LogP contribution is -2.19. The minimum atomic E-state index is 0.215. The van der Waals surface area contributed by atoms with Crippen molar-refractivity contribution in [2.75, 3.05) is 6.61 Å². The first kappa shape index (κ1) is 7.11. The molecule has 1 saturated carbocycles. The first-order valence-electron chi connectivity index (χ1n) is 4.38. The number of rotatable bonds is 1. The summed E-state index contributed by atoms with van der Waals surface area (Å²) in [5.41, 5.74) is 1.46. The van der Waals surface area contributed by atoms with Crippen molar-refractivity contribution < 1.29 is 5.11 Å². The summed E-state index contributed by atoms with van der Waals surface area (Å²) in [5.74, 6) is 1.44. The second kappa shape index (κ2) is 2.82. The Balaban J connectivity index is 2.17. The standard InChI is InChI=1S/C10H14O/c11-6-5-10-7-8-1-3-9(10)4-2-8/h1,3,5,8-9,11H,2,4,6-7H2. The van der Waals surface area contributed by atoms with Crippen molar-refractivity contribution in [1.29, 1.82) is 0 Å². The fourth-order valence-electron chi connectivity index (χ4n) is 2.16. The van der Waals surface area contributed by atoms with Crippen LogP contribution in [-0.4, -0.2) is 11.7 Å². The lowest BCUT2D eigenvalue weighted by molar-refractivity contribution is 0.335. The van der Waals surface area contributed by atoms with Gasteiger partial charge in [0.15, 0.2) is 0 Å². The van der Waals surface area contributed by atoms with Crippen molar-refractivity contribution in [3.8, 4) is 0 Å². The Morgan fingerprint density at radius 1 is 1.45 bits per heavy atom. The van der Waals surface area contributed by atoms with Crippen molar-refractivity contribution in [3.63, 3.8) is 0 Å². The summed E-state index contributed by atoms with van der Waals surface area (Å²) >= 11 is 0. The van der Waals surface area contributed by atoms with Crippen molar-refractivity contribution >= 4 is 0 Å². The molecule has 0 heterocycles. The molecule has 0 amide bonds. The Bertz CT molecular complexity index is 203. The van der Waals surface area contributed by atoms with Crippen LogP contribution in [0, 0.1) is 11.8 Å². The third kappa shape index (κ3) is 1.25. The van der Waals surface area contributed by atoms with Gasteiger partial charge in [0.05, 0.1) is 6.61 Å². The molecule has 0 aromatic rings. The molecule has 11 heavy (non-hydrogen) atoms. The Morgan fingerprint density at radius 2 is 2.36 bits per heavy atom. The highest BCUT2D eigenvalue weighted by Crippen LogP contribution is 2.39. The second-order valence-corrected chi connectivity index (χ2v) is 3.49. The predicted octanol–water partition coefficient (Wildman–Crippen LogP) is 1.89. The van der Waals surface area contributed by atoms with Gasteiger partial charge in [0.25, 0.3) is 0 Å². The molecule has 0 saturated heterocycles. The van der Waals surface area contributed by atoms with Crippen LogP contribution in [0.2, 0.25) is 0 Å². The molecule has 0 aromatic carbocycles. The van der Waals surface area contributed by atoms with Crippen LogP contribution in [-0.2, 0) is 0 Å². The minimum Gasteiger partial charge on any atom is -0.392 e. The third-order valence-electron chi connectivity index (χ3n) is 2.79. The SMILES string of the molecule is OCC=C1CC2C=CC1CC2. The van der Waals surface area contributed by atoms with Crippen LogP contribution in [0.15, 0.2) is 23.8 Å². The van der Waals surface area contributed by atoms with Gasteiger partial charge in [-0.25, -0.2) is 0 Å². The number of hydrogen-bond donors (Lipinski definition) is 1. The average Bonchev–Trinajstić information content (AvgIpc) is 2.07. The molecule has 2 unspecified atom stereocenters. The number of fused-ring (bicyclic) bond motifs is 2. The fourth-order valence-corrected chi connectivity index (χ4v) is 2.16. The van der Waals surface area contributed by atoms with Gasteiger partial charge < -0.3 is 5.11 Å². The van der Waals surface area contributed by atoms with Crippen molar-refractivity contribution in [3.05, 3.63) is 23.8 Å². The lowest BCUT2D eigenvalue weighted by Gasteiger charge is -2.33. The van der Waals surface area contributed by atoms with E-state index in [0.717, 1.165) is 5.92 Å². The van der Waals surface area contributed by atoms with Crippen LogP contribution in [0.4, 0.5) is 0 Å². The molecule has 1 nitrogen and oxygen atoms in total. The zero-order valence-electron chi connectivity index (χ0n) is 6.66. The molecule has 3 rings (SSSR count). The van der Waals surface area contributed by atoms with Crippen molar-refractivity contribution in [1.82, 2.24) is 0 Å². The van der Waals surface area contributed by atoms with Crippen LogP contribution in [0.5, 0.6) is 0 Å². The molecule has 0 aromatic heterocycles. The van der Waals surface area contributed by atoms with E-state index in [0.29, 0.717) is 5.92 Å².